The molecule has 1 amide bonds. The highest BCUT2D eigenvalue weighted by Gasteiger charge is 2.14. The van der Waals surface area contributed by atoms with Gasteiger partial charge in [0.05, 0.1) is 6.21 Å². The minimum Gasteiger partial charge on any atom is -0.484 e. The Bertz CT molecular complexity index is 1040. The minimum absolute atomic E-state index is 0.0883. The molecule has 4 rings (SSSR count). The number of hydrogen-bond donors (Lipinski definition) is 1. The van der Waals surface area contributed by atoms with Crippen molar-refractivity contribution in [3.63, 3.8) is 0 Å². The molecule has 3 aromatic carbocycles. The number of ether oxygens (including phenoxy) is 1. The third-order valence-electron chi connectivity index (χ3n) is 5.40. The lowest BCUT2D eigenvalue weighted by Crippen LogP contribution is -2.24. The fourth-order valence-corrected chi connectivity index (χ4v) is 3.81. The Morgan fingerprint density at radius 1 is 1.00 bits per heavy atom. The zero-order chi connectivity index (χ0) is 21.5. The lowest BCUT2D eigenvalue weighted by atomic mass is 10.1. The van der Waals surface area contributed by atoms with Crippen LogP contribution >= 0.6 is 0 Å². The van der Waals surface area contributed by atoms with Crippen molar-refractivity contribution in [1.29, 1.82) is 0 Å². The summed E-state index contributed by atoms with van der Waals surface area (Å²) >= 11 is 0. The van der Waals surface area contributed by atoms with Crippen molar-refractivity contribution < 1.29 is 9.53 Å². The van der Waals surface area contributed by atoms with E-state index in [1.54, 1.807) is 6.21 Å². The van der Waals surface area contributed by atoms with Crippen LogP contribution in [-0.4, -0.2) is 31.8 Å². The van der Waals surface area contributed by atoms with Gasteiger partial charge < -0.3 is 9.64 Å². The van der Waals surface area contributed by atoms with Crippen LogP contribution in [0.25, 0.3) is 11.1 Å². The fourth-order valence-electron chi connectivity index (χ4n) is 3.81. The molecule has 1 heterocycles. The minimum atomic E-state index is -0.297. The molecule has 0 spiro atoms. The number of aryl methyl sites for hydroxylation is 1. The number of nitrogens with zero attached hydrogens (tertiary/aromatic N) is 2. The Kier molecular flexibility index (Phi) is 6.62. The first-order valence-corrected chi connectivity index (χ1v) is 10.6. The van der Waals surface area contributed by atoms with Gasteiger partial charge in [-0.25, -0.2) is 5.43 Å². The summed E-state index contributed by atoms with van der Waals surface area (Å²) in [5, 5.41) is 4.06. The predicted octanol–water partition coefficient (Wildman–Crippen LogP) is 4.79. The van der Waals surface area contributed by atoms with E-state index in [9.17, 15) is 4.79 Å². The van der Waals surface area contributed by atoms with E-state index < -0.39 is 0 Å². The number of hydrazone groups is 1. The van der Waals surface area contributed by atoms with Gasteiger partial charge in [0.25, 0.3) is 5.91 Å². The summed E-state index contributed by atoms with van der Waals surface area (Å²) in [7, 11) is 0. The fraction of sp³-hybridized carbons (Fsp3) is 0.231. The van der Waals surface area contributed by atoms with E-state index in [0.717, 1.165) is 29.8 Å². The standard InChI is InChI=1S/C26H27N3O2/c1-20-17-21(9-14-25(20)29-15-5-6-16-29)18-27-28-26(30)19-31-24-12-10-23(11-13-24)22-7-3-2-4-8-22/h2-4,7-14,17-18H,5-6,15-16,19H2,1H3,(H,28,30)/b27-18-. The predicted molar refractivity (Wildman–Crippen MR) is 126 cm³/mol. The second-order valence-corrected chi connectivity index (χ2v) is 7.71. The van der Waals surface area contributed by atoms with Gasteiger partial charge in [-0.3, -0.25) is 4.79 Å². The van der Waals surface area contributed by atoms with Crippen LogP contribution in [-0.2, 0) is 4.79 Å². The molecule has 3 aromatic rings. The van der Waals surface area contributed by atoms with Crippen LogP contribution in [0.15, 0.2) is 77.9 Å². The summed E-state index contributed by atoms with van der Waals surface area (Å²) in [6.45, 7) is 4.27. The molecule has 5 heteroatoms. The van der Waals surface area contributed by atoms with Crippen molar-refractivity contribution in [3.05, 3.63) is 83.9 Å². The summed E-state index contributed by atoms with van der Waals surface area (Å²) in [4.78, 5) is 14.5. The van der Waals surface area contributed by atoms with E-state index in [1.165, 1.54) is 24.1 Å². The normalized spacial score (nSPS) is 13.5. The van der Waals surface area contributed by atoms with Crippen LogP contribution in [0.2, 0.25) is 0 Å². The zero-order valence-corrected chi connectivity index (χ0v) is 17.8. The van der Waals surface area contributed by atoms with Gasteiger partial charge >= 0.3 is 0 Å². The van der Waals surface area contributed by atoms with Crippen LogP contribution in [0.4, 0.5) is 5.69 Å². The molecule has 0 unspecified atom stereocenters. The Labute approximate surface area is 183 Å². The van der Waals surface area contributed by atoms with Gasteiger partial charge in [0.15, 0.2) is 6.61 Å². The highest BCUT2D eigenvalue weighted by molar-refractivity contribution is 5.84. The van der Waals surface area contributed by atoms with E-state index in [2.05, 4.69) is 46.6 Å². The van der Waals surface area contributed by atoms with Crippen molar-refractivity contribution in [2.75, 3.05) is 24.6 Å². The van der Waals surface area contributed by atoms with Crippen LogP contribution in [0.1, 0.15) is 24.0 Å². The molecule has 0 aromatic heterocycles. The third-order valence-corrected chi connectivity index (χ3v) is 5.40. The molecule has 0 radical (unpaired) electrons. The Morgan fingerprint density at radius 3 is 2.42 bits per heavy atom. The SMILES string of the molecule is Cc1cc(/C=N\NC(=O)COc2ccc(-c3ccccc3)cc2)ccc1N1CCCC1. The Balaban J connectivity index is 1.25. The quantitative estimate of drug-likeness (QED) is 0.448. The van der Waals surface area contributed by atoms with Crippen molar-refractivity contribution >= 4 is 17.8 Å². The molecule has 31 heavy (non-hydrogen) atoms. The van der Waals surface area contributed by atoms with Gasteiger partial charge in [0, 0.05) is 18.8 Å². The number of nitrogens with one attached hydrogen (secondary N) is 1. The average Bonchev–Trinajstić information content (AvgIpc) is 3.33. The first-order chi connectivity index (χ1) is 15.2. The number of anilines is 1. The summed E-state index contributed by atoms with van der Waals surface area (Å²) in [5.74, 6) is 0.348. The monoisotopic (exact) mass is 413 g/mol. The lowest BCUT2D eigenvalue weighted by Gasteiger charge is -2.20. The highest BCUT2D eigenvalue weighted by atomic mass is 16.5. The molecule has 1 aliphatic rings. The molecule has 0 saturated carbocycles. The van der Waals surface area contributed by atoms with Gasteiger partial charge in [-0.15, -0.1) is 0 Å². The second-order valence-electron chi connectivity index (χ2n) is 7.71. The number of carbonyl (C=O) groups excluding carboxylic acids is 1. The van der Waals surface area contributed by atoms with Gasteiger partial charge in [-0.05, 0) is 66.3 Å². The Hall–Kier alpha value is -3.60. The number of rotatable bonds is 7. The molecule has 158 valence electrons. The van der Waals surface area contributed by atoms with Crippen molar-refractivity contribution in [1.82, 2.24) is 5.43 Å². The first-order valence-electron chi connectivity index (χ1n) is 10.6. The molecule has 1 fully saturated rings. The molecular formula is C26H27N3O2. The zero-order valence-electron chi connectivity index (χ0n) is 17.8. The van der Waals surface area contributed by atoms with E-state index in [-0.39, 0.29) is 12.5 Å². The lowest BCUT2D eigenvalue weighted by molar-refractivity contribution is -0.123. The largest absolute Gasteiger partial charge is 0.484 e. The van der Waals surface area contributed by atoms with Gasteiger partial charge in [0.1, 0.15) is 5.75 Å². The van der Waals surface area contributed by atoms with Crippen molar-refractivity contribution in [2.45, 2.75) is 19.8 Å². The topological polar surface area (TPSA) is 53.9 Å². The summed E-state index contributed by atoms with van der Waals surface area (Å²) in [5.41, 5.74) is 8.23. The number of benzene rings is 3. The maximum absolute atomic E-state index is 12.0. The van der Waals surface area contributed by atoms with Crippen molar-refractivity contribution in [3.8, 4) is 16.9 Å². The van der Waals surface area contributed by atoms with E-state index in [0.29, 0.717) is 5.75 Å². The first kappa shape index (κ1) is 20.7. The van der Waals surface area contributed by atoms with E-state index >= 15 is 0 Å². The number of hydrogen-bond acceptors (Lipinski definition) is 4. The smallest absolute Gasteiger partial charge is 0.277 e. The Morgan fingerprint density at radius 2 is 1.71 bits per heavy atom. The van der Waals surface area contributed by atoms with Crippen LogP contribution in [0.5, 0.6) is 5.75 Å². The van der Waals surface area contributed by atoms with Crippen LogP contribution in [0.3, 0.4) is 0 Å². The highest BCUT2D eigenvalue weighted by Crippen LogP contribution is 2.25. The second kappa shape index (κ2) is 9.94. The average molecular weight is 414 g/mol. The summed E-state index contributed by atoms with van der Waals surface area (Å²) in [6, 6.07) is 24.1. The number of amides is 1. The van der Waals surface area contributed by atoms with Crippen LogP contribution < -0.4 is 15.1 Å². The molecular weight excluding hydrogens is 386 g/mol. The third kappa shape index (κ3) is 5.51. The number of carbonyl (C=O) groups is 1. The molecule has 1 N–H and O–H groups in total. The van der Waals surface area contributed by atoms with E-state index in [4.69, 9.17) is 4.74 Å². The molecule has 0 atom stereocenters. The molecule has 5 nitrogen and oxygen atoms in total. The van der Waals surface area contributed by atoms with Crippen molar-refractivity contribution in [2.24, 2.45) is 5.10 Å². The maximum Gasteiger partial charge on any atom is 0.277 e. The molecule has 0 aliphatic carbocycles. The van der Waals surface area contributed by atoms with Crippen LogP contribution in [0, 0.1) is 6.92 Å². The van der Waals surface area contributed by atoms with Gasteiger partial charge in [-0.2, -0.15) is 5.10 Å². The molecule has 1 saturated heterocycles. The maximum atomic E-state index is 12.0. The van der Waals surface area contributed by atoms with E-state index in [1.807, 2.05) is 48.5 Å². The molecule has 0 bridgehead atoms. The van der Waals surface area contributed by atoms with Gasteiger partial charge in [-0.1, -0.05) is 48.5 Å². The summed E-state index contributed by atoms with van der Waals surface area (Å²) in [6.07, 6.45) is 4.18. The summed E-state index contributed by atoms with van der Waals surface area (Å²) < 4.78 is 5.56. The van der Waals surface area contributed by atoms with Gasteiger partial charge in [0.2, 0.25) is 0 Å². The molecule has 1 aliphatic heterocycles.